The van der Waals surface area contributed by atoms with Crippen LogP contribution in [0.3, 0.4) is 0 Å². The van der Waals surface area contributed by atoms with E-state index in [1.807, 2.05) is 37.3 Å². The number of primary amides is 1. The maximum Gasteiger partial charge on any atom is 0.254 e. The number of rotatable bonds is 8. The van der Waals surface area contributed by atoms with Crippen LogP contribution < -0.4 is 21.1 Å². The Balaban J connectivity index is 1.28. The summed E-state index contributed by atoms with van der Waals surface area (Å²) in [6.45, 7) is 7.53. The molecule has 0 spiro atoms. The summed E-state index contributed by atoms with van der Waals surface area (Å²) in [7, 11) is 2.14. The van der Waals surface area contributed by atoms with Crippen LogP contribution >= 0.6 is 15.9 Å². The molecule has 1 fully saturated rings. The van der Waals surface area contributed by atoms with Crippen LogP contribution in [0.1, 0.15) is 11.1 Å². The van der Waals surface area contributed by atoms with E-state index in [1.54, 1.807) is 6.07 Å². The molecule has 0 bridgehead atoms. The number of nitrogens with zero attached hydrogens (tertiary/aromatic N) is 4. The van der Waals surface area contributed by atoms with Gasteiger partial charge in [-0.15, -0.1) is 0 Å². The molecule has 3 aromatic rings. The number of hydrogen-bond donors (Lipinski definition) is 4. The van der Waals surface area contributed by atoms with Crippen LogP contribution in [0.15, 0.2) is 45.9 Å². The molecule has 1 aromatic heterocycles. The van der Waals surface area contributed by atoms with Crippen LogP contribution in [0.2, 0.25) is 0 Å². The first-order valence-electron chi connectivity index (χ1n) is 12.5. The van der Waals surface area contributed by atoms with E-state index >= 15 is 0 Å². The van der Waals surface area contributed by atoms with E-state index in [-0.39, 0.29) is 5.95 Å². The van der Waals surface area contributed by atoms with Crippen molar-refractivity contribution in [2.24, 2.45) is 10.7 Å². The number of ether oxygens (including phenoxy) is 1. The van der Waals surface area contributed by atoms with Gasteiger partial charge >= 0.3 is 0 Å². The van der Waals surface area contributed by atoms with Gasteiger partial charge in [-0.05, 0) is 49.4 Å². The van der Waals surface area contributed by atoms with Gasteiger partial charge in [0.25, 0.3) is 11.8 Å². The minimum absolute atomic E-state index is 0.242. The summed E-state index contributed by atoms with van der Waals surface area (Å²) in [4.78, 5) is 42.7. The molecular weight excluding hydrogens is 552 g/mol. The lowest BCUT2D eigenvalue weighted by atomic mass is 9.80. The number of aromatic amines is 1. The van der Waals surface area contributed by atoms with E-state index in [4.69, 9.17) is 10.5 Å². The minimum atomic E-state index is -1.53. The van der Waals surface area contributed by atoms with Crippen LogP contribution in [0.4, 0.5) is 5.95 Å². The lowest BCUT2D eigenvalue weighted by Crippen LogP contribution is -2.59. The maximum absolute atomic E-state index is 13.4. The molecule has 12 heteroatoms. The molecule has 0 saturated carbocycles. The van der Waals surface area contributed by atoms with Gasteiger partial charge < -0.3 is 25.7 Å². The summed E-state index contributed by atoms with van der Waals surface area (Å²) >= 11 is 3.44. The number of nitrogens with two attached hydrogens (primary N) is 1. The van der Waals surface area contributed by atoms with Crippen LogP contribution in [-0.2, 0) is 15.1 Å². The first-order chi connectivity index (χ1) is 18.3. The van der Waals surface area contributed by atoms with Gasteiger partial charge in [-0.1, -0.05) is 22.0 Å². The van der Waals surface area contributed by atoms with Crippen LogP contribution in [-0.4, -0.2) is 90.3 Å². The van der Waals surface area contributed by atoms with E-state index in [0.717, 1.165) is 54.0 Å². The highest BCUT2D eigenvalue weighted by atomic mass is 79.9. The molecule has 0 radical (unpaired) electrons. The molecule has 2 aliphatic rings. The van der Waals surface area contributed by atoms with Gasteiger partial charge in [-0.3, -0.25) is 24.8 Å². The van der Waals surface area contributed by atoms with Crippen molar-refractivity contribution in [3.05, 3.63) is 52.0 Å². The number of piperazine rings is 1. The van der Waals surface area contributed by atoms with Crippen molar-refractivity contribution in [1.82, 2.24) is 25.1 Å². The van der Waals surface area contributed by atoms with Gasteiger partial charge in [-0.25, -0.2) is 4.98 Å². The predicted molar refractivity (Wildman–Crippen MR) is 149 cm³/mol. The summed E-state index contributed by atoms with van der Waals surface area (Å²) in [6.07, 6.45) is 1.35. The van der Waals surface area contributed by atoms with Crippen molar-refractivity contribution in [3.8, 4) is 5.75 Å². The molecule has 2 unspecified atom stereocenters. The van der Waals surface area contributed by atoms with Crippen molar-refractivity contribution in [1.29, 1.82) is 0 Å². The standard InChI is InChI=1S/C26H31BrN8O3/c1-16-3-4-17(27)13-19(16)26(24(28)37)22(29-15-30-26)23(36)33-25-31-20-6-5-18(14-21(20)32-25)38-12-11-35-9-7-34(2)8-10-35/h3-6,13-15,22H,7-12H2,1-2H3,(H2,28,37)(H,29,30)(H2,31,32,33,36). The highest BCUT2D eigenvalue weighted by Gasteiger charge is 2.53. The number of fused-ring (bicyclic) bond motifs is 1. The number of aliphatic imine (C=N–C) groups is 1. The van der Waals surface area contributed by atoms with Gasteiger partial charge in [-0.2, -0.15) is 0 Å². The number of imidazole rings is 1. The lowest BCUT2D eigenvalue weighted by Gasteiger charge is -2.32. The number of carbonyl (C=O) groups excluding carboxylic acids is 2. The molecule has 2 amide bonds. The van der Waals surface area contributed by atoms with E-state index in [2.05, 4.69) is 58.4 Å². The number of hydrogen-bond acceptors (Lipinski definition) is 8. The second-order valence-corrected chi connectivity index (χ2v) is 10.6. The molecule has 5 N–H and O–H groups in total. The lowest BCUT2D eigenvalue weighted by molar-refractivity contribution is -0.129. The molecule has 2 aromatic carbocycles. The summed E-state index contributed by atoms with van der Waals surface area (Å²) in [5.74, 6) is -0.270. The number of halogens is 1. The number of anilines is 1. The third-order valence-corrected chi connectivity index (χ3v) is 7.65. The number of nitrogens with one attached hydrogen (secondary N) is 3. The highest BCUT2D eigenvalue weighted by Crippen LogP contribution is 2.34. The summed E-state index contributed by atoms with van der Waals surface area (Å²) in [5, 5.41) is 5.71. The van der Waals surface area contributed by atoms with Crippen LogP contribution in [0.25, 0.3) is 11.0 Å². The van der Waals surface area contributed by atoms with Gasteiger partial charge in [0, 0.05) is 43.3 Å². The van der Waals surface area contributed by atoms with E-state index in [0.29, 0.717) is 17.7 Å². The monoisotopic (exact) mass is 582 g/mol. The zero-order chi connectivity index (χ0) is 26.9. The maximum atomic E-state index is 13.4. The van der Waals surface area contributed by atoms with Gasteiger partial charge in [0.15, 0.2) is 11.6 Å². The Morgan fingerprint density at radius 3 is 2.76 bits per heavy atom. The van der Waals surface area contributed by atoms with Crippen molar-refractivity contribution in [2.45, 2.75) is 18.5 Å². The topological polar surface area (TPSA) is 141 Å². The molecule has 2 atom stereocenters. The largest absolute Gasteiger partial charge is 0.492 e. The molecule has 200 valence electrons. The molecule has 3 heterocycles. The minimum Gasteiger partial charge on any atom is -0.492 e. The summed E-state index contributed by atoms with van der Waals surface area (Å²) in [5.41, 5.74) is 7.08. The van der Waals surface area contributed by atoms with Gasteiger partial charge in [0.1, 0.15) is 12.4 Å². The Morgan fingerprint density at radius 2 is 2.00 bits per heavy atom. The number of carbonyl (C=O) groups is 2. The second kappa shape index (κ2) is 10.7. The molecule has 1 saturated heterocycles. The van der Waals surface area contributed by atoms with E-state index in [1.165, 1.54) is 6.34 Å². The number of aryl methyl sites for hydroxylation is 1. The molecule has 2 aliphatic heterocycles. The number of aromatic nitrogens is 2. The molecule has 0 aliphatic carbocycles. The number of amides is 2. The Kier molecular flexibility index (Phi) is 7.37. The van der Waals surface area contributed by atoms with Crippen molar-refractivity contribution >= 4 is 51.1 Å². The third-order valence-electron chi connectivity index (χ3n) is 7.15. The van der Waals surface area contributed by atoms with Crippen molar-refractivity contribution < 1.29 is 14.3 Å². The fraction of sp³-hybridized carbons (Fsp3) is 0.385. The Bertz CT molecular complexity index is 1380. The normalized spacial score (nSPS) is 21.9. The van der Waals surface area contributed by atoms with Crippen LogP contribution in [0.5, 0.6) is 5.75 Å². The SMILES string of the molecule is Cc1ccc(Br)cc1C1(C(N)=O)NC=NC1C(=O)Nc1nc2ccc(OCCN3CCN(C)CC3)cc2[nH]1. The second-order valence-electron chi connectivity index (χ2n) is 9.70. The number of likely N-dealkylation sites (N-methyl/N-ethyl adjacent to an activating group) is 1. The van der Waals surface area contributed by atoms with Crippen LogP contribution in [0, 0.1) is 6.92 Å². The van der Waals surface area contributed by atoms with Crippen molar-refractivity contribution in [3.63, 3.8) is 0 Å². The van der Waals surface area contributed by atoms with E-state index < -0.39 is 23.4 Å². The smallest absolute Gasteiger partial charge is 0.254 e. The van der Waals surface area contributed by atoms with Crippen molar-refractivity contribution in [2.75, 3.05) is 51.7 Å². The van der Waals surface area contributed by atoms with Gasteiger partial charge in [0.2, 0.25) is 5.95 Å². The zero-order valence-electron chi connectivity index (χ0n) is 21.3. The first kappa shape index (κ1) is 26.1. The third kappa shape index (κ3) is 5.11. The highest BCUT2D eigenvalue weighted by molar-refractivity contribution is 9.10. The number of H-pyrrole nitrogens is 1. The molecule has 5 rings (SSSR count). The first-order valence-corrected chi connectivity index (χ1v) is 13.3. The summed E-state index contributed by atoms with van der Waals surface area (Å²) in [6, 6.07) is 9.90. The average molecular weight is 583 g/mol. The van der Waals surface area contributed by atoms with E-state index in [9.17, 15) is 9.59 Å². The Hall–Kier alpha value is -3.48. The molecule has 11 nitrogen and oxygen atoms in total. The summed E-state index contributed by atoms with van der Waals surface area (Å²) < 4.78 is 6.72. The predicted octanol–water partition coefficient (Wildman–Crippen LogP) is 1.58. The zero-order valence-corrected chi connectivity index (χ0v) is 22.9. The molecular formula is C26H31BrN8O3. The molecule has 38 heavy (non-hydrogen) atoms. The average Bonchev–Trinajstić information content (AvgIpc) is 3.51. The Morgan fingerprint density at radius 1 is 1.21 bits per heavy atom. The Labute approximate surface area is 228 Å². The quantitative estimate of drug-likeness (QED) is 0.316. The fourth-order valence-corrected chi connectivity index (χ4v) is 5.30. The number of benzene rings is 2. The fourth-order valence-electron chi connectivity index (χ4n) is 4.94. The van der Waals surface area contributed by atoms with Gasteiger partial charge in [0.05, 0.1) is 17.4 Å².